The molecule has 0 aromatic carbocycles. The molecule has 0 aliphatic carbocycles. The molecule has 2 aliphatic rings. The Kier molecular flexibility index (Phi) is 6.69. The summed E-state index contributed by atoms with van der Waals surface area (Å²) in [7, 11) is 0. The van der Waals surface area contributed by atoms with Crippen molar-refractivity contribution in [3.8, 4) is 0 Å². The van der Waals surface area contributed by atoms with Crippen molar-refractivity contribution in [2.24, 2.45) is 5.41 Å². The van der Waals surface area contributed by atoms with Crippen LogP contribution in [-0.4, -0.2) is 58.3 Å². The summed E-state index contributed by atoms with van der Waals surface area (Å²) in [6, 6.07) is 0. The number of aryl methyl sites for hydroxylation is 1. The third-order valence-electron chi connectivity index (χ3n) is 4.83. The van der Waals surface area contributed by atoms with E-state index in [9.17, 15) is 9.90 Å². The predicted octanol–water partition coefficient (Wildman–Crippen LogP) is 0.597. The molecule has 1 amide bonds. The Morgan fingerprint density at radius 2 is 2.12 bits per heavy atom. The lowest BCUT2D eigenvalue weighted by molar-refractivity contribution is -0.142. The molecule has 2 fully saturated rings. The van der Waals surface area contributed by atoms with E-state index in [0.717, 1.165) is 31.2 Å². The molecule has 0 radical (unpaired) electrons. The van der Waals surface area contributed by atoms with Gasteiger partial charge in [-0.15, -0.1) is 0 Å². The molecule has 8 nitrogen and oxygen atoms in total. The molecule has 1 aromatic rings. The molecule has 8 heteroatoms. The zero-order valence-corrected chi connectivity index (χ0v) is 14.5. The van der Waals surface area contributed by atoms with Gasteiger partial charge in [0.2, 0.25) is 11.9 Å². The molecular weight excluding hydrogens is 324 g/mol. The van der Waals surface area contributed by atoms with E-state index in [0.29, 0.717) is 32.0 Å². The summed E-state index contributed by atoms with van der Waals surface area (Å²) in [6.07, 6.45) is 7.41. The van der Waals surface area contributed by atoms with Crippen LogP contribution in [0.5, 0.6) is 0 Å². The summed E-state index contributed by atoms with van der Waals surface area (Å²) in [5.41, 5.74) is 0.426. The van der Waals surface area contributed by atoms with E-state index >= 15 is 0 Å². The summed E-state index contributed by atoms with van der Waals surface area (Å²) in [5.74, 6) is 0.628. The summed E-state index contributed by atoms with van der Waals surface area (Å²) in [5, 5.41) is 20.2. The fourth-order valence-electron chi connectivity index (χ4n) is 3.54. The van der Waals surface area contributed by atoms with Crippen LogP contribution in [0.3, 0.4) is 0 Å². The molecule has 2 atom stereocenters. The average molecular weight is 350 g/mol. The first-order valence-electron chi connectivity index (χ1n) is 8.67. The van der Waals surface area contributed by atoms with Crippen LogP contribution in [0.2, 0.25) is 0 Å². The van der Waals surface area contributed by atoms with Crippen LogP contribution in [-0.2, 0) is 16.0 Å². The van der Waals surface area contributed by atoms with Gasteiger partial charge in [-0.3, -0.25) is 9.59 Å². The lowest BCUT2D eigenvalue weighted by Crippen LogP contribution is -2.61. The van der Waals surface area contributed by atoms with Crippen molar-refractivity contribution in [2.45, 2.75) is 45.1 Å². The van der Waals surface area contributed by atoms with Crippen molar-refractivity contribution < 1.29 is 19.8 Å². The van der Waals surface area contributed by atoms with Gasteiger partial charge in [-0.1, -0.05) is 13.3 Å². The zero-order chi connectivity index (χ0) is 18.3. The summed E-state index contributed by atoms with van der Waals surface area (Å²) >= 11 is 0. The number of nitrogens with one attached hydrogen (secondary N) is 1. The minimum absolute atomic E-state index is 0.0291. The van der Waals surface area contributed by atoms with Crippen molar-refractivity contribution in [1.82, 2.24) is 15.3 Å². The second-order valence-electron chi connectivity index (χ2n) is 6.49. The lowest BCUT2D eigenvalue weighted by Gasteiger charge is -2.46. The first-order valence-corrected chi connectivity index (χ1v) is 8.67. The number of amides is 1. The Hall–Kier alpha value is -2.22. The monoisotopic (exact) mass is 350 g/mol. The molecule has 1 spiro atoms. The number of hydrogen-bond acceptors (Lipinski definition) is 6. The molecular formula is C17H26N4O4. The van der Waals surface area contributed by atoms with Crippen LogP contribution >= 0.6 is 0 Å². The molecule has 2 saturated heterocycles. The number of nitrogens with zero attached hydrogens (tertiary/aromatic N) is 3. The normalized spacial score (nSPS) is 25.8. The predicted molar refractivity (Wildman–Crippen MR) is 92.2 cm³/mol. The number of anilines is 1. The minimum atomic E-state index is -0.706. The number of carbonyl (C=O) groups excluding carboxylic acids is 1. The maximum absolute atomic E-state index is 12.4. The molecule has 25 heavy (non-hydrogen) atoms. The Labute approximate surface area is 147 Å². The maximum atomic E-state index is 12.4. The quantitative estimate of drug-likeness (QED) is 0.684. The van der Waals surface area contributed by atoms with Crippen LogP contribution in [0, 0.1) is 5.41 Å². The van der Waals surface area contributed by atoms with Crippen molar-refractivity contribution in [1.29, 1.82) is 0 Å². The number of aromatic nitrogens is 2. The third kappa shape index (κ3) is 4.25. The van der Waals surface area contributed by atoms with Gasteiger partial charge < -0.3 is 20.4 Å². The number of aliphatic hydroxyl groups excluding tert-OH is 1. The maximum Gasteiger partial charge on any atom is 0.290 e. The summed E-state index contributed by atoms with van der Waals surface area (Å²) < 4.78 is 0. The minimum Gasteiger partial charge on any atom is -0.483 e. The van der Waals surface area contributed by atoms with Crippen LogP contribution in [0.15, 0.2) is 12.4 Å². The number of piperidine rings is 2. The van der Waals surface area contributed by atoms with Crippen LogP contribution in [0.25, 0.3) is 0 Å². The fraction of sp³-hybridized carbons (Fsp3) is 0.647. The average Bonchev–Trinajstić information content (AvgIpc) is 2.61. The van der Waals surface area contributed by atoms with Crippen molar-refractivity contribution in [2.75, 3.05) is 24.5 Å². The molecule has 138 valence electrons. The molecule has 3 heterocycles. The lowest BCUT2D eigenvalue weighted by atomic mass is 9.71. The highest BCUT2D eigenvalue weighted by Crippen LogP contribution is 2.38. The first kappa shape index (κ1) is 19.1. The van der Waals surface area contributed by atoms with E-state index in [1.807, 2.05) is 17.3 Å². The highest BCUT2D eigenvalue weighted by Gasteiger charge is 2.50. The zero-order valence-electron chi connectivity index (χ0n) is 14.5. The Bertz CT molecular complexity index is 581. The summed E-state index contributed by atoms with van der Waals surface area (Å²) in [4.78, 5) is 31.7. The van der Waals surface area contributed by atoms with E-state index in [1.54, 1.807) is 0 Å². The van der Waals surface area contributed by atoms with Gasteiger partial charge in [0.25, 0.3) is 6.47 Å². The standard InChI is InChI=1S/C16H24N4O2.CH2O2/c1-2-4-12-9-18-15(19-10-12)20-8-5-13(21)16(11-20)6-3-7-17-14(16)22;2-1-3/h9-10,13,21H,2-8,11H2,1H3,(H,17,22);1H,(H,2,3)/t13-,16-;/m1./s1. The largest absolute Gasteiger partial charge is 0.483 e. The molecule has 0 saturated carbocycles. The van der Waals surface area contributed by atoms with Crippen molar-refractivity contribution in [3.05, 3.63) is 18.0 Å². The summed E-state index contributed by atoms with van der Waals surface area (Å²) in [6.45, 7) is 3.76. The van der Waals surface area contributed by atoms with Crippen molar-refractivity contribution in [3.63, 3.8) is 0 Å². The highest BCUT2D eigenvalue weighted by atomic mass is 16.3. The Balaban J connectivity index is 0.000000701. The van der Waals surface area contributed by atoms with Gasteiger partial charge >= 0.3 is 0 Å². The number of aliphatic hydroxyl groups is 1. The van der Waals surface area contributed by atoms with Crippen LogP contribution < -0.4 is 10.2 Å². The van der Waals surface area contributed by atoms with Gasteiger partial charge in [-0.25, -0.2) is 9.97 Å². The second-order valence-corrected chi connectivity index (χ2v) is 6.49. The molecule has 3 N–H and O–H groups in total. The fourth-order valence-corrected chi connectivity index (χ4v) is 3.54. The molecule has 2 aliphatic heterocycles. The molecule has 0 bridgehead atoms. The first-order chi connectivity index (χ1) is 12.1. The van der Waals surface area contributed by atoms with Gasteiger partial charge in [-0.05, 0) is 31.2 Å². The van der Waals surface area contributed by atoms with E-state index in [-0.39, 0.29) is 12.4 Å². The highest BCUT2D eigenvalue weighted by molar-refractivity contribution is 5.85. The number of carbonyl (C=O) groups is 2. The SMILES string of the molecule is CCCc1cnc(N2CC[C@@H](O)[C@@]3(CCCNC3=O)C2)nc1.O=CO. The van der Waals surface area contributed by atoms with Gasteiger partial charge in [0.15, 0.2) is 0 Å². The topological polar surface area (TPSA) is 116 Å². The van der Waals surface area contributed by atoms with E-state index in [2.05, 4.69) is 22.2 Å². The number of rotatable bonds is 3. The van der Waals surface area contributed by atoms with E-state index < -0.39 is 11.5 Å². The number of hydrogen-bond donors (Lipinski definition) is 3. The van der Waals surface area contributed by atoms with Crippen molar-refractivity contribution >= 4 is 18.3 Å². The van der Waals surface area contributed by atoms with Crippen LogP contribution in [0.1, 0.15) is 38.2 Å². The van der Waals surface area contributed by atoms with Gasteiger partial charge in [0, 0.05) is 32.0 Å². The van der Waals surface area contributed by atoms with E-state index in [4.69, 9.17) is 9.90 Å². The van der Waals surface area contributed by atoms with E-state index in [1.165, 1.54) is 0 Å². The Morgan fingerprint density at radius 1 is 1.44 bits per heavy atom. The molecule has 1 aromatic heterocycles. The smallest absolute Gasteiger partial charge is 0.290 e. The molecule has 0 unspecified atom stereocenters. The second kappa shape index (κ2) is 8.75. The van der Waals surface area contributed by atoms with Crippen LogP contribution in [0.4, 0.5) is 5.95 Å². The van der Waals surface area contributed by atoms with Gasteiger partial charge in [-0.2, -0.15) is 0 Å². The Morgan fingerprint density at radius 3 is 2.72 bits per heavy atom. The van der Waals surface area contributed by atoms with Gasteiger partial charge in [0.05, 0.1) is 11.5 Å². The number of carboxylic acid groups (broad SMARTS) is 1. The van der Waals surface area contributed by atoms with Gasteiger partial charge in [0.1, 0.15) is 0 Å². The third-order valence-corrected chi connectivity index (χ3v) is 4.83. The molecule has 3 rings (SSSR count).